The summed E-state index contributed by atoms with van der Waals surface area (Å²) in [5.74, 6) is 0. The van der Waals surface area contributed by atoms with Crippen LogP contribution in [0.3, 0.4) is 0 Å². The fraction of sp³-hybridized carbons (Fsp3) is 0.333. The van der Waals surface area contributed by atoms with E-state index in [4.69, 9.17) is 0 Å². The number of aryl methyl sites for hydroxylation is 2. The molecule has 0 radical (unpaired) electrons. The molecule has 0 aliphatic heterocycles. The highest BCUT2D eigenvalue weighted by Crippen LogP contribution is 2.13. The second kappa shape index (κ2) is 2.33. The smallest absolute Gasteiger partial charge is 0.0430 e. The molecule has 10 heavy (non-hydrogen) atoms. The minimum absolute atomic E-state index is 1.12. The minimum Gasteiger partial charge on any atom is -0.351 e. The molecule has 0 spiro atoms. The second-order valence-electron chi connectivity index (χ2n) is 2.79. The Labute approximate surface area is 62.0 Å². The summed E-state index contributed by atoms with van der Waals surface area (Å²) < 4.78 is 2.09. The maximum Gasteiger partial charge on any atom is 0.0430 e. The zero-order valence-corrected chi connectivity index (χ0v) is 6.81. The van der Waals surface area contributed by atoms with E-state index in [9.17, 15) is 0 Å². The molecule has 0 saturated heterocycles. The fourth-order valence-corrected chi connectivity index (χ4v) is 1.15. The lowest BCUT2D eigenvalue weighted by molar-refractivity contribution is 0.906. The lowest BCUT2D eigenvalue weighted by atomic mass is 10.2. The third-order valence-electron chi connectivity index (χ3n) is 1.58. The number of hydrogen-bond donors (Lipinski definition) is 0. The first-order valence-electron chi connectivity index (χ1n) is 3.40. The van der Waals surface area contributed by atoms with E-state index >= 15 is 0 Å². The maximum absolute atomic E-state index is 3.88. The highest BCUT2D eigenvalue weighted by atomic mass is 14.9. The molecule has 0 atom stereocenters. The monoisotopic (exact) mass is 135 g/mol. The zero-order valence-electron chi connectivity index (χ0n) is 6.81. The van der Waals surface area contributed by atoms with Crippen LogP contribution >= 0.6 is 0 Å². The van der Waals surface area contributed by atoms with Gasteiger partial charge in [-0.25, -0.2) is 0 Å². The molecule has 1 nitrogen and oxygen atoms in total. The van der Waals surface area contributed by atoms with E-state index in [0.29, 0.717) is 0 Å². The van der Waals surface area contributed by atoms with Crippen LogP contribution in [0.4, 0.5) is 0 Å². The molecule has 1 heterocycles. The summed E-state index contributed by atoms with van der Waals surface area (Å²) in [6.07, 6.45) is 2.10. The first-order valence-corrected chi connectivity index (χ1v) is 3.40. The van der Waals surface area contributed by atoms with Crippen LogP contribution in [0.1, 0.15) is 18.2 Å². The van der Waals surface area contributed by atoms with Crippen molar-refractivity contribution in [3.8, 4) is 0 Å². The maximum atomic E-state index is 3.88. The van der Waals surface area contributed by atoms with Gasteiger partial charge in [0, 0.05) is 18.9 Å². The Kier molecular flexibility index (Phi) is 1.66. The molecular weight excluding hydrogens is 122 g/mol. The van der Waals surface area contributed by atoms with Crippen molar-refractivity contribution in [1.29, 1.82) is 0 Å². The molecule has 0 fully saturated rings. The SMILES string of the molecule is C=C(C)c1cc(C)cn1C. The average Bonchev–Trinajstić information content (AvgIpc) is 2.10. The Balaban J connectivity index is 3.15. The van der Waals surface area contributed by atoms with Crippen molar-refractivity contribution in [2.45, 2.75) is 13.8 Å². The summed E-state index contributed by atoms with van der Waals surface area (Å²) in [7, 11) is 2.04. The van der Waals surface area contributed by atoms with Gasteiger partial charge in [0.05, 0.1) is 0 Å². The summed E-state index contributed by atoms with van der Waals surface area (Å²) in [6.45, 7) is 7.99. The predicted molar refractivity (Wildman–Crippen MR) is 44.9 cm³/mol. The first kappa shape index (κ1) is 7.13. The Bertz CT molecular complexity index is 256. The Morgan fingerprint density at radius 1 is 1.60 bits per heavy atom. The Morgan fingerprint density at radius 2 is 2.20 bits per heavy atom. The van der Waals surface area contributed by atoms with Crippen molar-refractivity contribution in [2.75, 3.05) is 0 Å². The molecule has 54 valence electrons. The summed E-state index contributed by atoms with van der Waals surface area (Å²) in [5, 5.41) is 0. The molecule has 1 heteroatoms. The van der Waals surface area contributed by atoms with Gasteiger partial charge in [-0.1, -0.05) is 6.58 Å². The van der Waals surface area contributed by atoms with Crippen LogP contribution in [-0.4, -0.2) is 4.57 Å². The molecule has 0 bridgehead atoms. The number of allylic oxidation sites excluding steroid dienone is 1. The highest BCUT2D eigenvalue weighted by Gasteiger charge is 1.98. The van der Waals surface area contributed by atoms with E-state index in [2.05, 4.69) is 30.3 Å². The average molecular weight is 135 g/mol. The topological polar surface area (TPSA) is 4.93 Å². The quantitative estimate of drug-likeness (QED) is 0.557. The van der Waals surface area contributed by atoms with Crippen LogP contribution in [0, 0.1) is 6.92 Å². The summed E-state index contributed by atoms with van der Waals surface area (Å²) in [4.78, 5) is 0. The van der Waals surface area contributed by atoms with Gasteiger partial charge in [-0.05, 0) is 31.1 Å². The predicted octanol–water partition coefficient (Wildman–Crippen LogP) is 2.37. The molecule has 0 aromatic carbocycles. The molecular formula is C9H13N. The van der Waals surface area contributed by atoms with E-state index in [0.717, 1.165) is 5.57 Å². The van der Waals surface area contributed by atoms with Crippen LogP contribution in [0.2, 0.25) is 0 Å². The number of hydrogen-bond acceptors (Lipinski definition) is 0. The van der Waals surface area contributed by atoms with Gasteiger partial charge in [-0.3, -0.25) is 0 Å². The number of nitrogens with zero attached hydrogens (tertiary/aromatic N) is 1. The summed E-state index contributed by atoms with van der Waals surface area (Å²) in [6, 6.07) is 2.14. The Morgan fingerprint density at radius 3 is 2.40 bits per heavy atom. The van der Waals surface area contributed by atoms with E-state index in [-0.39, 0.29) is 0 Å². The van der Waals surface area contributed by atoms with E-state index in [1.165, 1.54) is 11.3 Å². The van der Waals surface area contributed by atoms with Crippen LogP contribution in [0.5, 0.6) is 0 Å². The van der Waals surface area contributed by atoms with Gasteiger partial charge in [-0.2, -0.15) is 0 Å². The molecule has 0 N–H and O–H groups in total. The number of rotatable bonds is 1. The highest BCUT2D eigenvalue weighted by molar-refractivity contribution is 5.59. The van der Waals surface area contributed by atoms with E-state index in [1.807, 2.05) is 14.0 Å². The standard InChI is InChI=1S/C9H13N/c1-7(2)9-5-8(3)6-10(9)4/h5-6H,1H2,2-4H3. The zero-order chi connectivity index (χ0) is 7.72. The molecule has 0 aliphatic carbocycles. The van der Waals surface area contributed by atoms with Crippen LogP contribution in [-0.2, 0) is 7.05 Å². The molecule has 1 aromatic heterocycles. The van der Waals surface area contributed by atoms with Crippen molar-refractivity contribution in [2.24, 2.45) is 7.05 Å². The molecule has 0 saturated carbocycles. The van der Waals surface area contributed by atoms with Gasteiger partial charge in [0.1, 0.15) is 0 Å². The largest absolute Gasteiger partial charge is 0.351 e. The third kappa shape index (κ3) is 1.13. The van der Waals surface area contributed by atoms with Gasteiger partial charge in [-0.15, -0.1) is 0 Å². The molecule has 1 aromatic rings. The first-order chi connectivity index (χ1) is 4.61. The lowest BCUT2D eigenvalue weighted by Crippen LogP contribution is -1.89. The van der Waals surface area contributed by atoms with Gasteiger partial charge < -0.3 is 4.57 Å². The van der Waals surface area contributed by atoms with Crippen molar-refractivity contribution >= 4 is 5.57 Å². The molecule has 0 aliphatic rings. The van der Waals surface area contributed by atoms with Gasteiger partial charge in [0.15, 0.2) is 0 Å². The van der Waals surface area contributed by atoms with E-state index < -0.39 is 0 Å². The van der Waals surface area contributed by atoms with Crippen LogP contribution < -0.4 is 0 Å². The second-order valence-corrected chi connectivity index (χ2v) is 2.79. The third-order valence-corrected chi connectivity index (χ3v) is 1.58. The molecule has 0 amide bonds. The molecule has 0 unspecified atom stereocenters. The fourth-order valence-electron chi connectivity index (χ4n) is 1.15. The minimum atomic E-state index is 1.12. The van der Waals surface area contributed by atoms with Crippen molar-refractivity contribution in [3.05, 3.63) is 30.1 Å². The van der Waals surface area contributed by atoms with Gasteiger partial charge in [0.2, 0.25) is 0 Å². The van der Waals surface area contributed by atoms with Crippen molar-refractivity contribution in [3.63, 3.8) is 0 Å². The summed E-state index contributed by atoms with van der Waals surface area (Å²) >= 11 is 0. The van der Waals surface area contributed by atoms with Crippen LogP contribution in [0.15, 0.2) is 18.8 Å². The van der Waals surface area contributed by atoms with Crippen LogP contribution in [0.25, 0.3) is 5.57 Å². The van der Waals surface area contributed by atoms with Crippen molar-refractivity contribution < 1.29 is 0 Å². The van der Waals surface area contributed by atoms with Gasteiger partial charge in [0.25, 0.3) is 0 Å². The lowest BCUT2D eigenvalue weighted by Gasteiger charge is -1.98. The summed E-state index contributed by atoms with van der Waals surface area (Å²) in [5.41, 5.74) is 3.63. The van der Waals surface area contributed by atoms with E-state index in [1.54, 1.807) is 0 Å². The van der Waals surface area contributed by atoms with Gasteiger partial charge >= 0.3 is 0 Å². The Hall–Kier alpha value is -0.980. The molecule has 1 rings (SSSR count). The number of aromatic nitrogens is 1. The normalized spacial score (nSPS) is 9.90. The van der Waals surface area contributed by atoms with Crippen molar-refractivity contribution in [1.82, 2.24) is 4.57 Å².